The summed E-state index contributed by atoms with van der Waals surface area (Å²) in [5, 5.41) is 8.57. The number of aliphatic hydroxyl groups is 1. The lowest BCUT2D eigenvalue weighted by molar-refractivity contribution is -0.136. The van der Waals surface area contributed by atoms with Crippen molar-refractivity contribution in [2.24, 2.45) is 5.92 Å². The molecule has 0 bridgehead atoms. The van der Waals surface area contributed by atoms with Crippen molar-refractivity contribution in [2.75, 3.05) is 19.7 Å². The zero-order valence-corrected chi connectivity index (χ0v) is 6.90. The summed E-state index contributed by atoms with van der Waals surface area (Å²) in [6, 6.07) is 0. The lowest BCUT2D eigenvalue weighted by atomic mass is 10.00. The number of aliphatic hydroxyl groups excluding tert-OH is 1. The Labute approximate surface area is 71.2 Å². The van der Waals surface area contributed by atoms with E-state index in [0.717, 1.165) is 19.1 Å². The molecule has 12 heavy (non-hydrogen) atoms. The second-order valence-electron chi connectivity index (χ2n) is 3.04. The average Bonchev–Trinajstić information content (AvgIpc) is 2.17. The Balaban J connectivity index is 2.45. The molecule has 1 atom stereocenters. The van der Waals surface area contributed by atoms with Gasteiger partial charge in [0.25, 0.3) is 0 Å². The molecule has 0 saturated carbocycles. The molecule has 0 radical (unpaired) electrons. The van der Waals surface area contributed by atoms with E-state index in [0.29, 0.717) is 13.1 Å². The Bertz CT molecular complexity index is 181. The first-order chi connectivity index (χ1) is 5.77. The minimum Gasteiger partial charge on any atom is -0.387 e. The van der Waals surface area contributed by atoms with E-state index in [4.69, 9.17) is 5.11 Å². The van der Waals surface area contributed by atoms with E-state index in [1.807, 2.05) is 0 Å². The molecule has 0 aromatic carbocycles. The van der Waals surface area contributed by atoms with Crippen LogP contribution in [-0.4, -0.2) is 41.9 Å². The Kier molecular flexibility index (Phi) is 3.22. The van der Waals surface area contributed by atoms with Gasteiger partial charge in [-0.2, -0.15) is 0 Å². The minimum absolute atomic E-state index is 0.0331. The molecule has 0 spiro atoms. The van der Waals surface area contributed by atoms with Gasteiger partial charge < -0.3 is 14.8 Å². The number of rotatable bonds is 2. The van der Waals surface area contributed by atoms with Gasteiger partial charge in [0.2, 0.25) is 5.91 Å². The molecule has 1 saturated heterocycles. The molecular formula is C8H13NO3. The predicted octanol–water partition coefficient (Wildman–Crippen LogP) is -0.584. The van der Waals surface area contributed by atoms with Crippen molar-refractivity contribution in [3.63, 3.8) is 0 Å². The molecule has 4 heteroatoms. The van der Waals surface area contributed by atoms with Crippen molar-refractivity contribution in [1.82, 2.24) is 4.90 Å². The van der Waals surface area contributed by atoms with Gasteiger partial charge in [0.1, 0.15) is 12.9 Å². The molecule has 1 aliphatic rings. The largest absolute Gasteiger partial charge is 0.387 e. The zero-order valence-electron chi connectivity index (χ0n) is 6.90. The molecular weight excluding hydrogens is 158 g/mol. The van der Waals surface area contributed by atoms with Crippen LogP contribution >= 0.6 is 0 Å². The van der Waals surface area contributed by atoms with Crippen LogP contribution in [0, 0.1) is 5.92 Å². The van der Waals surface area contributed by atoms with Crippen LogP contribution in [0.25, 0.3) is 0 Å². The van der Waals surface area contributed by atoms with Crippen LogP contribution in [0.3, 0.4) is 0 Å². The molecule has 0 aromatic rings. The minimum atomic E-state index is -0.453. The first kappa shape index (κ1) is 9.19. The van der Waals surface area contributed by atoms with E-state index in [2.05, 4.69) is 0 Å². The number of likely N-dealkylation sites (tertiary alicyclic amines) is 1. The molecule has 1 N–H and O–H groups in total. The van der Waals surface area contributed by atoms with Crippen molar-refractivity contribution in [3.8, 4) is 0 Å². The summed E-state index contributed by atoms with van der Waals surface area (Å²) in [5.74, 6) is -0.309. The zero-order chi connectivity index (χ0) is 8.97. The fourth-order valence-corrected chi connectivity index (χ4v) is 1.45. The van der Waals surface area contributed by atoms with Crippen molar-refractivity contribution in [1.29, 1.82) is 0 Å². The second kappa shape index (κ2) is 4.21. The van der Waals surface area contributed by atoms with E-state index in [1.54, 1.807) is 4.90 Å². The maximum atomic E-state index is 11.0. The first-order valence-corrected chi connectivity index (χ1v) is 4.12. The Morgan fingerprint density at radius 1 is 1.67 bits per heavy atom. The van der Waals surface area contributed by atoms with E-state index in [-0.39, 0.29) is 11.8 Å². The predicted molar refractivity (Wildman–Crippen MR) is 42.5 cm³/mol. The van der Waals surface area contributed by atoms with Crippen molar-refractivity contribution in [3.05, 3.63) is 0 Å². The normalized spacial score (nSPS) is 23.8. The summed E-state index contributed by atoms with van der Waals surface area (Å²) in [4.78, 5) is 22.9. The van der Waals surface area contributed by atoms with E-state index >= 15 is 0 Å². The van der Waals surface area contributed by atoms with Gasteiger partial charge in [-0.05, 0) is 12.8 Å². The van der Waals surface area contributed by atoms with Crippen molar-refractivity contribution < 1.29 is 14.7 Å². The highest BCUT2D eigenvalue weighted by Crippen LogP contribution is 2.13. The second-order valence-corrected chi connectivity index (χ2v) is 3.04. The van der Waals surface area contributed by atoms with Crippen LogP contribution in [0.5, 0.6) is 0 Å². The lowest BCUT2D eigenvalue weighted by Gasteiger charge is -2.29. The molecule has 1 unspecified atom stereocenters. The Hall–Kier alpha value is -0.900. The standard InChI is InChI=1S/C8H13NO3/c10-5-7-2-1-3-9(4-7)8(12)6-11/h5,7,11H,1-4,6H2. The van der Waals surface area contributed by atoms with Crippen molar-refractivity contribution in [2.45, 2.75) is 12.8 Å². The van der Waals surface area contributed by atoms with E-state index in [9.17, 15) is 9.59 Å². The molecule has 1 amide bonds. The fourth-order valence-electron chi connectivity index (χ4n) is 1.45. The Morgan fingerprint density at radius 2 is 2.42 bits per heavy atom. The highest BCUT2D eigenvalue weighted by atomic mass is 16.3. The lowest BCUT2D eigenvalue weighted by Crippen LogP contribution is -2.41. The monoisotopic (exact) mass is 171 g/mol. The number of aldehydes is 1. The van der Waals surface area contributed by atoms with Crippen molar-refractivity contribution >= 4 is 12.2 Å². The van der Waals surface area contributed by atoms with Crippen LogP contribution in [-0.2, 0) is 9.59 Å². The number of carbonyl (C=O) groups excluding carboxylic acids is 2. The molecule has 4 nitrogen and oxygen atoms in total. The summed E-state index contributed by atoms with van der Waals surface area (Å²) in [6.45, 7) is 0.693. The van der Waals surface area contributed by atoms with Gasteiger partial charge in [-0.3, -0.25) is 4.79 Å². The maximum Gasteiger partial charge on any atom is 0.248 e. The highest BCUT2D eigenvalue weighted by Gasteiger charge is 2.22. The van der Waals surface area contributed by atoms with Crippen LogP contribution in [0.4, 0.5) is 0 Å². The van der Waals surface area contributed by atoms with Gasteiger partial charge in [0.05, 0.1) is 0 Å². The molecule has 1 aliphatic heterocycles. The fraction of sp³-hybridized carbons (Fsp3) is 0.750. The van der Waals surface area contributed by atoms with Crippen LogP contribution in [0.15, 0.2) is 0 Å². The number of nitrogens with zero attached hydrogens (tertiary/aromatic N) is 1. The molecule has 1 fully saturated rings. The summed E-state index contributed by atoms with van der Waals surface area (Å²) in [6.07, 6.45) is 2.60. The number of hydrogen-bond acceptors (Lipinski definition) is 3. The quantitative estimate of drug-likeness (QED) is 0.565. The number of hydrogen-bond donors (Lipinski definition) is 1. The molecule has 68 valence electrons. The van der Waals surface area contributed by atoms with Gasteiger partial charge >= 0.3 is 0 Å². The third kappa shape index (κ3) is 2.04. The SMILES string of the molecule is O=CC1CCCN(C(=O)CO)C1. The third-order valence-corrected chi connectivity index (χ3v) is 2.14. The van der Waals surface area contributed by atoms with Gasteiger partial charge in [-0.1, -0.05) is 0 Å². The Morgan fingerprint density at radius 3 is 3.00 bits per heavy atom. The first-order valence-electron chi connectivity index (χ1n) is 4.12. The topological polar surface area (TPSA) is 57.6 Å². The summed E-state index contributed by atoms with van der Waals surface area (Å²) in [5.41, 5.74) is 0. The van der Waals surface area contributed by atoms with Gasteiger partial charge in [-0.15, -0.1) is 0 Å². The van der Waals surface area contributed by atoms with Crippen LogP contribution < -0.4 is 0 Å². The van der Waals surface area contributed by atoms with E-state index < -0.39 is 6.61 Å². The summed E-state index contributed by atoms with van der Waals surface area (Å²) >= 11 is 0. The average molecular weight is 171 g/mol. The van der Waals surface area contributed by atoms with Crippen LogP contribution in [0.2, 0.25) is 0 Å². The van der Waals surface area contributed by atoms with Gasteiger partial charge in [-0.25, -0.2) is 0 Å². The highest BCUT2D eigenvalue weighted by molar-refractivity contribution is 5.77. The van der Waals surface area contributed by atoms with Crippen LogP contribution in [0.1, 0.15) is 12.8 Å². The summed E-state index contributed by atoms with van der Waals surface area (Å²) in [7, 11) is 0. The van der Waals surface area contributed by atoms with Gasteiger partial charge in [0, 0.05) is 19.0 Å². The third-order valence-electron chi connectivity index (χ3n) is 2.14. The van der Waals surface area contributed by atoms with Gasteiger partial charge in [0.15, 0.2) is 0 Å². The molecule has 1 heterocycles. The smallest absolute Gasteiger partial charge is 0.248 e. The molecule has 0 aliphatic carbocycles. The van der Waals surface area contributed by atoms with E-state index in [1.165, 1.54) is 0 Å². The number of amides is 1. The number of carbonyl (C=O) groups is 2. The summed E-state index contributed by atoms with van der Waals surface area (Å²) < 4.78 is 0. The molecule has 0 aromatic heterocycles. The maximum absolute atomic E-state index is 11.0. The molecule has 1 rings (SSSR count). The number of piperidine rings is 1.